The van der Waals surface area contributed by atoms with Gasteiger partial charge in [-0.3, -0.25) is 9.59 Å². The highest BCUT2D eigenvalue weighted by Crippen LogP contribution is 2.41. The second-order valence-corrected chi connectivity index (χ2v) is 10.5. The molecule has 1 aromatic heterocycles. The van der Waals surface area contributed by atoms with E-state index in [1.807, 2.05) is 42.5 Å². The van der Waals surface area contributed by atoms with Crippen molar-refractivity contribution >= 4 is 33.2 Å². The number of ketones is 1. The lowest BCUT2D eigenvalue weighted by molar-refractivity contribution is -0.153. The highest BCUT2D eigenvalue weighted by atomic mass is 32.1. The van der Waals surface area contributed by atoms with E-state index in [2.05, 4.69) is 0 Å². The number of hydrogen-bond acceptors (Lipinski definition) is 7. The van der Waals surface area contributed by atoms with Crippen LogP contribution in [0.2, 0.25) is 0 Å². The second kappa shape index (κ2) is 11.0. The van der Waals surface area contributed by atoms with Crippen molar-refractivity contribution in [1.82, 2.24) is 0 Å². The van der Waals surface area contributed by atoms with Crippen molar-refractivity contribution in [1.29, 1.82) is 0 Å². The molecule has 0 saturated carbocycles. The van der Waals surface area contributed by atoms with Gasteiger partial charge in [-0.1, -0.05) is 0 Å². The maximum atomic E-state index is 13.8. The first kappa shape index (κ1) is 26.2. The fourth-order valence-corrected chi connectivity index (χ4v) is 4.97. The summed E-state index contributed by atoms with van der Waals surface area (Å²) in [5.74, 6) is 1.74. The highest BCUT2D eigenvalue weighted by Gasteiger charge is 2.23. The first-order valence-electron chi connectivity index (χ1n) is 11.9. The number of hydrogen-bond donors (Lipinski definition) is 0. The molecule has 0 radical (unpaired) electrons. The zero-order chi connectivity index (χ0) is 26.6. The van der Waals surface area contributed by atoms with E-state index < -0.39 is 5.41 Å². The van der Waals surface area contributed by atoms with Crippen molar-refractivity contribution in [3.05, 3.63) is 77.9 Å². The molecule has 0 atom stereocenters. The van der Waals surface area contributed by atoms with Crippen LogP contribution in [-0.4, -0.2) is 39.2 Å². The summed E-state index contributed by atoms with van der Waals surface area (Å²) in [4.78, 5) is 26.5. The van der Waals surface area contributed by atoms with E-state index in [0.29, 0.717) is 16.9 Å². The Balaban J connectivity index is 1.58. The molecule has 4 rings (SSSR count). The fourth-order valence-electron chi connectivity index (χ4n) is 3.73. The third-order valence-electron chi connectivity index (χ3n) is 5.79. The van der Waals surface area contributed by atoms with Crippen LogP contribution in [0.4, 0.5) is 0 Å². The molecule has 37 heavy (non-hydrogen) atoms. The van der Waals surface area contributed by atoms with Crippen molar-refractivity contribution in [2.24, 2.45) is 5.41 Å². The van der Waals surface area contributed by atoms with E-state index >= 15 is 0 Å². The van der Waals surface area contributed by atoms with Gasteiger partial charge in [0, 0.05) is 26.1 Å². The Labute approximate surface area is 220 Å². The van der Waals surface area contributed by atoms with Crippen molar-refractivity contribution in [2.75, 3.05) is 27.4 Å². The lowest BCUT2D eigenvalue weighted by atomic mass is 9.97. The van der Waals surface area contributed by atoms with E-state index in [4.69, 9.17) is 18.9 Å². The van der Waals surface area contributed by atoms with Gasteiger partial charge >= 0.3 is 5.97 Å². The van der Waals surface area contributed by atoms with Crippen LogP contribution >= 0.6 is 11.3 Å². The Morgan fingerprint density at radius 1 is 0.784 bits per heavy atom. The van der Waals surface area contributed by atoms with E-state index in [-0.39, 0.29) is 25.0 Å². The van der Waals surface area contributed by atoms with Crippen LogP contribution in [0.25, 0.3) is 20.5 Å². The summed E-state index contributed by atoms with van der Waals surface area (Å²) in [5, 5.41) is 0.877. The van der Waals surface area contributed by atoms with Crippen molar-refractivity contribution in [3.63, 3.8) is 0 Å². The van der Waals surface area contributed by atoms with Crippen molar-refractivity contribution in [3.8, 4) is 27.7 Å². The molecule has 1 heterocycles. The standard InChI is InChI=1S/C30H30O6S/c1-30(2,3)29(32)36-17-16-35-22-12-6-19(7-13-22)27(31)26-24-15-14-23(34-5)18-25(24)37-28(26)20-8-10-21(33-4)11-9-20/h6-15,18H,16-17H2,1-5H3. The Bertz CT molecular complexity index is 1400. The Morgan fingerprint density at radius 3 is 2.03 bits per heavy atom. The molecule has 0 saturated heterocycles. The van der Waals surface area contributed by atoms with Crippen LogP contribution in [0.1, 0.15) is 36.7 Å². The maximum absolute atomic E-state index is 13.8. The van der Waals surface area contributed by atoms with Crippen molar-refractivity contribution < 1.29 is 28.5 Å². The first-order chi connectivity index (χ1) is 17.7. The number of esters is 1. The monoisotopic (exact) mass is 518 g/mol. The van der Waals surface area contributed by atoms with Gasteiger partial charge in [-0.2, -0.15) is 0 Å². The SMILES string of the molecule is COc1ccc(-c2sc3cc(OC)ccc3c2C(=O)c2ccc(OCCOC(=O)C(C)(C)C)cc2)cc1. The van der Waals surface area contributed by atoms with Gasteiger partial charge in [0.2, 0.25) is 0 Å². The number of thiophene rings is 1. The number of carbonyl (C=O) groups is 2. The number of rotatable bonds is 9. The van der Waals surface area contributed by atoms with Gasteiger partial charge in [0.25, 0.3) is 0 Å². The molecule has 0 aliphatic heterocycles. The molecule has 4 aromatic rings. The molecule has 192 valence electrons. The maximum Gasteiger partial charge on any atom is 0.311 e. The molecule has 0 amide bonds. The average Bonchev–Trinajstić information content (AvgIpc) is 3.29. The lowest BCUT2D eigenvalue weighted by Gasteiger charge is -2.16. The second-order valence-electron chi connectivity index (χ2n) is 9.48. The molecule has 6 nitrogen and oxygen atoms in total. The third-order valence-corrected chi connectivity index (χ3v) is 6.99. The van der Waals surface area contributed by atoms with Crippen LogP contribution in [0.5, 0.6) is 17.2 Å². The fraction of sp³-hybridized carbons (Fsp3) is 0.267. The molecule has 0 spiro atoms. The van der Waals surface area contributed by atoms with Gasteiger partial charge in [0.1, 0.15) is 30.5 Å². The summed E-state index contributed by atoms with van der Waals surface area (Å²) in [5.41, 5.74) is 1.59. The summed E-state index contributed by atoms with van der Waals surface area (Å²) < 4.78 is 22.6. The number of fused-ring (bicyclic) bond motifs is 1. The van der Waals surface area contributed by atoms with Gasteiger partial charge < -0.3 is 18.9 Å². The van der Waals surface area contributed by atoms with Crippen LogP contribution in [0.15, 0.2) is 66.7 Å². The summed E-state index contributed by atoms with van der Waals surface area (Å²) in [6, 6.07) is 20.5. The Morgan fingerprint density at radius 2 is 1.41 bits per heavy atom. The van der Waals surface area contributed by atoms with Crippen molar-refractivity contribution in [2.45, 2.75) is 20.8 Å². The smallest absolute Gasteiger partial charge is 0.311 e. The van der Waals surface area contributed by atoms with Crippen LogP contribution in [0, 0.1) is 5.41 Å². The minimum atomic E-state index is -0.552. The molecule has 0 aliphatic rings. The number of methoxy groups -OCH3 is 2. The molecule has 3 aromatic carbocycles. The Kier molecular flexibility index (Phi) is 7.83. The largest absolute Gasteiger partial charge is 0.497 e. The van der Waals surface area contributed by atoms with Gasteiger partial charge in [0.05, 0.1) is 19.6 Å². The zero-order valence-corrected chi connectivity index (χ0v) is 22.4. The van der Waals surface area contributed by atoms with Crippen LogP contribution in [-0.2, 0) is 9.53 Å². The predicted molar refractivity (Wildman–Crippen MR) is 146 cm³/mol. The lowest BCUT2D eigenvalue weighted by Crippen LogP contribution is -2.24. The van der Waals surface area contributed by atoms with E-state index in [1.54, 1.807) is 70.6 Å². The minimum absolute atomic E-state index is 0.0760. The summed E-state index contributed by atoms with van der Waals surface area (Å²) in [6.07, 6.45) is 0. The first-order valence-corrected chi connectivity index (χ1v) is 12.7. The molecular weight excluding hydrogens is 488 g/mol. The summed E-state index contributed by atoms with van der Waals surface area (Å²) in [6.45, 7) is 5.80. The topological polar surface area (TPSA) is 71.1 Å². The molecule has 0 N–H and O–H groups in total. The van der Waals surface area contributed by atoms with Crippen LogP contribution < -0.4 is 14.2 Å². The minimum Gasteiger partial charge on any atom is -0.497 e. The molecule has 7 heteroatoms. The number of ether oxygens (including phenoxy) is 4. The zero-order valence-electron chi connectivity index (χ0n) is 21.6. The van der Waals surface area contributed by atoms with Gasteiger partial charge in [-0.25, -0.2) is 0 Å². The quantitative estimate of drug-likeness (QED) is 0.138. The average molecular weight is 519 g/mol. The molecule has 0 unspecified atom stereocenters. The highest BCUT2D eigenvalue weighted by molar-refractivity contribution is 7.22. The molecular formula is C30H30O6S. The molecule has 0 aliphatic carbocycles. The predicted octanol–water partition coefficient (Wildman–Crippen LogP) is 6.78. The van der Waals surface area contributed by atoms with Gasteiger partial charge in [0.15, 0.2) is 5.78 Å². The Hall–Kier alpha value is -3.84. The number of benzene rings is 3. The summed E-state index contributed by atoms with van der Waals surface area (Å²) >= 11 is 1.56. The normalized spacial score (nSPS) is 11.3. The number of carbonyl (C=O) groups excluding carboxylic acids is 2. The van der Waals surface area contributed by atoms with Gasteiger partial charge in [-0.15, -0.1) is 11.3 Å². The van der Waals surface area contributed by atoms with Gasteiger partial charge in [-0.05, 0) is 93.1 Å². The third kappa shape index (κ3) is 5.94. The molecule has 0 bridgehead atoms. The van der Waals surface area contributed by atoms with E-state index in [1.165, 1.54) is 0 Å². The molecule has 0 fully saturated rings. The van der Waals surface area contributed by atoms with Crippen LogP contribution in [0.3, 0.4) is 0 Å². The van der Waals surface area contributed by atoms with E-state index in [0.717, 1.165) is 32.0 Å². The van der Waals surface area contributed by atoms with E-state index in [9.17, 15) is 9.59 Å². The summed E-state index contributed by atoms with van der Waals surface area (Å²) in [7, 11) is 3.25.